The zero-order chi connectivity index (χ0) is 15.9. The number of carbonyl (C=O) groups is 2. The van der Waals surface area contributed by atoms with E-state index in [4.69, 9.17) is 4.74 Å². The van der Waals surface area contributed by atoms with Crippen LogP contribution in [0, 0.1) is 5.41 Å². The van der Waals surface area contributed by atoms with Crippen LogP contribution in [-0.2, 0) is 14.3 Å². The van der Waals surface area contributed by atoms with E-state index in [0.29, 0.717) is 19.6 Å². The first-order chi connectivity index (χ1) is 9.94. The zero-order valence-corrected chi connectivity index (χ0v) is 13.6. The minimum atomic E-state index is -0.794. The van der Waals surface area contributed by atoms with E-state index in [1.54, 1.807) is 7.11 Å². The van der Waals surface area contributed by atoms with Gasteiger partial charge in [-0.05, 0) is 32.1 Å². The van der Waals surface area contributed by atoms with Crippen molar-refractivity contribution in [2.45, 2.75) is 64.8 Å². The largest absolute Gasteiger partial charge is 0.481 e. The van der Waals surface area contributed by atoms with Gasteiger partial charge in [-0.1, -0.05) is 19.3 Å². The maximum Gasteiger partial charge on any atom is 0.303 e. The molecule has 1 atom stereocenters. The Hall–Kier alpha value is -1.10. The molecule has 0 heterocycles. The van der Waals surface area contributed by atoms with E-state index in [1.807, 2.05) is 18.7 Å². The van der Waals surface area contributed by atoms with Crippen molar-refractivity contribution in [3.63, 3.8) is 0 Å². The number of likely N-dealkylation sites (N-methyl/N-ethyl adjacent to an activating group) is 1. The van der Waals surface area contributed by atoms with Crippen molar-refractivity contribution in [3.05, 3.63) is 0 Å². The van der Waals surface area contributed by atoms with Crippen molar-refractivity contribution in [1.29, 1.82) is 0 Å². The fourth-order valence-corrected chi connectivity index (χ4v) is 3.53. The highest BCUT2D eigenvalue weighted by Gasteiger charge is 2.38. The molecule has 1 aliphatic carbocycles. The topological polar surface area (TPSA) is 66.8 Å². The van der Waals surface area contributed by atoms with Gasteiger partial charge in [0.1, 0.15) is 0 Å². The minimum Gasteiger partial charge on any atom is -0.481 e. The predicted molar refractivity (Wildman–Crippen MR) is 81.1 cm³/mol. The molecule has 0 aromatic heterocycles. The van der Waals surface area contributed by atoms with Crippen molar-refractivity contribution >= 4 is 11.9 Å². The lowest BCUT2D eigenvalue weighted by Gasteiger charge is -2.38. The Bertz CT molecular complexity index is 350. The van der Waals surface area contributed by atoms with Gasteiger partial charge >= 0.3 is 5.97 Å². The maximum absolute atomic E-state index is 12.6. The molecular weight excluding hydrogens is 270 g/mol. The van der Waals surface area contributed by atoms with Gasteiger partial charge in [-0.2, -0.15) is 0 Å². The molecule has 1 aliphatic rings. The Balaban J connectivity index is 2.76. The Morgan fingerprint density at radius 3 is 2.33 bits per heavy atom. The van der Waals surface area contributed by atoms with Gasteiger partial charge in [0.2, 0.25) is 5.91 Å². The molecule has 5 nitrogen and oxygen atoms in total. The summed E-state index contributed by atoms with van der Waals surface area (Å²) in [6.07, 6.45) is 5.35. The third kappa shape index (κ3) is 5.30. The monoisotopic (exact) mass is 299 g/mol. The molecule has 0 bridgehead atoms. The van der Waals surface area contributed by atoms with Crippen LogP contribution in [-0.4, -0.2) is 48.2 Å². The van der Waals surface area contributed by atoms with Crippen LogP contribution in [0.3, 0.4) is 0 Å². The molecule has 1 amide bonds. The zero-order valence-electron chi connectivity index (χ0n) is 13.6. The second kappa shape index (κ2) is 8.37. The molecule has 21 heavy (non-hydrogen) atoms. The number of carboxylic acids is 1. The molecule has 0 aliphatic heterocycles. The van der Waals surface area contributed by atoms with Crippen LogP contribution in [0.2, 0.25) is 0 Å². The first-order valence-electron chi connectivity index (χ1n) is 7.94. The van der Waals surface area contributed by atoms with E-state index >= 15 is 0 Å². The highest BCUT2D eigenvalue weighted by molar-refractivity contribution is 5.78. The number of amides is 1. The van der Waals surface area contributed by atoms with Gasteiger partial charge in [0.15, 0.2) is 0 Å². The van der Waals surface area contributed by atoms with Gasteiger partial charge in [-0.3, -0.25) is 9.59 Å². The highest BCUT2D eigenvalue weighted by atomic mass is 16.5. The van der Waals surface area contributed by atoms with E-state index in [2.05, 4.69) is 0 Å². The third-order valence-corrected chi connectivity index (χ3v) is 4.57. The number of hydrogen-bond acceptors (Lipinski definition) is 3. The summed E-state index contributed by atoms with van der Waals surface area (Å²) >= 11 is 0. The van der Waals surface area contributed by atoms with Gasteiger partial charge in [-0.15, -0.1) is 0 Å². The summed E-state index contributed by atoms with van der Waals surface area (Å²) < 4.78 is 5.13. The number of aliphatic carboxylic acids is 1. The fraction of sp³-hybridized carbons (Fsp3) is 0.875. The van der Waals surface area contributed by atoms with Crippen LogP contribution in [0.1, 0.15) is 58.8 Å². The van der Waals surface area contributed by atoms with E-state index < -0.39 is 5.97 Å². The smallest absolute Gasteiger partial charge is 0.303 e. The number of ether oxygens (including phenoxy) is 1. The lowest BCUT2D eigenvalue weighted by Crippen LogP contribution is -2.44. The molecule has 0 radical (unpaired) electrons. The van der Waals surface area contributed by atoms with Gasteiger partial charge in [0.25, 0.3) is 0 Å². The van der Waals surface area contributed by atoms with Crippen molar-refractivity contribution < 1.29 is 19.4 Å². The van der Waals surface area contributed by atoms with Gasteiger partial charge in [-0.25, -0.2) is 0 Å². The Labute approximate surface area is 127 Å². The number of nitrogens with zero attached hydrogens (tertiary/aromatic N) is 1. The van der Waals surface area contributed by atoms with E-state index in [-0.39, 0.29) is 23.8 Å². The van der Waals surface area contributed by atoms with Gasteiger partial charge in [0.05, 0.1) is 19.1 Å². The number of hydrogen-bond donors (Lipinski definition) is 1. The average molecular weight is 299 g/mol. The third-order valence-electron chi connectivity index (χ3n) is 4.57. The second-order valence-electron chi connectivity index (χ2n) is 6.29. The van der Waals surface area contributed by atoms with Crippen LogP contribution < -0.4 is 0 Å². The Morgan fingerprint density at radius 2 is 1.86 bits per heavy atom. The van der Waals surface area contributed by atoms with Crippen molar-refractivity contribution in [2.75, 3.05) is 20.3 Å². The molecule has 1 fully saturated rings. The first kappa shape index (κ1) is 18.0. The predicted octanol–water partition coefficient (Wildman–Crippen LogP) is 2.69. The summed E-state index contributed by atoms with van der Waals surface area (Å²) in [6, 6.07) is 0.0259. The summed E-state index contributed by atoms with van der Waals surface area (Å²) in [5, 5.41) is 9.19. The quantitative estimate of drug-likeness (QED) is 0.748. The van der Waals surface area contributed by atoms with Crippen LogP contribution in [0.25, 0.3) is 0 Å². The number of carbonyl (C=O) groups excluding carboxylic acids is 1. The molecule has 0 aromatic carbocycles. The summed E-state index contributed by atoms with van der Waals surface area (Å²) in [5.74, 6) is -0.733. The van der Waals surface area contributed by atoms with Crippen LogP contribution in [0.5, 0.6) is 0 Å². The molecular formula is C16H29NO4. The standard InChI is InChI=1S/C16H29NO4/c1-4-17(13(2)12-21-3)14(18)10-16(11-15(19)20)8-6-5-7-9-16/h13H,4-12H2,1-3H3,(H,19,20). The molecule has 0 spiro atoms. The Morgan fingerprint density at radius 1 is 1.24 bits per heavy atom. The van der Waals surface area contributed by atoms with Crippen molar-refractivity contribution in [1.82, 2.24) is 4.90 Å². The van der Waals surface area contributed by atoms with E-state index in [1.165, 1.54) is 0 Å². The molecule has 1 N–H and O–H groups in total. The van der Waals surface area contributed by atoms with Crippen LogP contribution in [0.15, 0.2) is 0 Å². The van der Waals surface area contributed by atoms with Crippen molar-refractivity contribution in [2.24, 2.45) is 5.41 Å². The minimum absolute atomic E-state index is 0.0259. The van der Waals surface area contributed by atoms with Crippen LogP contribution >= 0.6 is 0 Å². The molecule has 1 saturated carbocycles. The normalized spacial score (nSPS) is 19.0. The van der Waals surface area contributed by atoms with Gasteiger partial charge < -0.3 is 14.7 Å². The van der Waals surface area contributed by atoms with Gasteiger partial charge in [0, 0.05) is 20.1 Å². The summed E-state index contributed by atoms with van der Waals surface area (Å²) in [6.45, 7) is 5.06. The lowest BCUT2D eigenvalue weighted by molar-refractivity contribution is -0.143. The molecule has 5 heteroatoms. The van der Waals surface area contributed by atoms with E-state index in [0.717, 1.165) is 32.1 Å². The molecule has 1 rings (SSSR count). The summed E-state index contributed by atoms with van der Waals surface area (Å²) in [5.41, 5.74) is -0.346. The SMILES string of the molecule is CCN(C(=O)CC1(CC(=O)O)CCCCC1)C(C)COC. The molecule has 0 saturated heterocycles. The average Bonchev–Trinajstić information content (AvgIpc) is 2.39. The maximum atomic E-state index is 12.6. The first-order valence-corrected chi connectivity index (χ1v) is 7.94. The number of methoxy groups -OCH3 is 1. The molecule has 0 aromatic rings. The second-order valence-corrected chi connectivity index (χ2v) is 6.29. The number of carboxylic acid groups (broad SMARTS) is 1. The van der Waals surface area contributed by atoms with Crippen LogP contribution in [0.4, 0.5) is 0 Å². The van der Waals surface area contributed by atoms with E-state index in [9.17, 15) is 14.7 Å². The number of rotatable bonds is 8. The molecule has 1 unspecified atom stereocenters. The molecule has 122 valence electrons. The fourth-order valence-electron chi connectivity index (χ4n) is 3.53. The Kier molecular flexibility index (Phi) is 7.15. The highest BCUT2D eigenvalue weighted by Crippen LogP contribution is 2.42. The summed E-state index contributed by atoms with van der Waals surface area (Å²) in [4.78, 5) is 25.6. The summed E-state index contributed by atoms with van der Waals surface area (Å²) in [7, 11) is 1.63. The van der Waals surface area contributed by atoms with Crippen molar-refractivity contribution in [3.8, 4) is 0 Å². The lowest BCUT2D eigenvalue weighted by atomic mass is 9.69.